The highest BCUT2D eigenvalue weighted by molar-refractivity contribution is 7.81. The molecule has 0 N–H and O–H groups in total. The van der Waals surface area contributed by atoms with Crippen molar-refractivity contribution in [3.8, 4) is 0 Å². The molecule has 2 fully saturated rings. The first-order chi connectivity index (χ1) is 17.5. The van der Waals surface area contributed by atoms with Gasteiger partial charge in [-0.1, -0.05) is 60.7 Å². The van der Waals surface area contributed by atoms with Crippen LogP contribution < -0.4 is 10.6 Å². The Morgan fingerprint density at radius 3 is 1.86 bits per heavy atom. The Bertz CT molecular complexity index is 1240. The summed E-state index contributed by atoms with van der Waals surface area (Å²) in [7, 11) is -3.36. The van der Waals surface area contributed by atoms with E-state index in [9.17, 15) is 18.9 Å². The van der Waals surface area contributed by atoms with Crippen molar-refractivity contribution < 1.29 is 28.1 Å². The van der Waals surface area contributed by atoms with Crippen molar-refractivity contribution in [2.24, 2.45) is 0 Å². The fourth-order valence-electron chi connectivity index (χ4n) is 4.75. The van der Waals surface area contributed by atoms with Gasteiger partial charge in [0.1, 0.15) is 5.16 Å². The van der Waals surface area contributed by atoms with Crippen LogP contribution in [0.3, 0.4) is 0 Å². The number of hydrogen-bond donors (Lipinski definition) is 0. The van der Waals surface area contributed by atoms with E-state index in [1.165, 1.54) is 6.26 Å². The highest BCUT2D eigenvalue weighted by Crippen LogP contribution is 2.68. The molecule has 2 aliphatic rings. The summed E-state index contributed by atoms with van der Waals surface area (Å²) in [5, 5.41) is 0.0492. The first kappa shape index (κ1) is 24.1. The monoisotopic (exact) mass is 506 g/mol. The molecule has 0 atom stereocenters. The highest BCUT2D eigenvalue weighted by Gasteiger charge is 2.65. The third-order valence-electron chi connectivity index (χ3n) is 6.92. The summed E-state index contributed by atoms with van der Waals surface area (Å²) < 4.78 is 25.3. The van der Waals surface area contributed by atoms with Crippen molar-refractivity contribution >= 4 is 35.5 Å². The third kappa shape index (κ3) is 4.26. The van der Waals surface area contributed by atoms with Gasteiger partial charge < -0.3 is 23.5 Å². The molecular weight excluding hydrogens is 479 g/mol. The lowest BCUT2D eigenvalue weighted by Gasteiger charge is -2.34. The summed E-state index contributed by atoms with van der Waals surface area (Å²) in [5.74, 6) is -0.886. The lowest BCUT2D eigenvalue weighted by atomic mass is 10.3. The average molecular weight is 506 g/mol. The van der Waals surface area contributed by atoms with E-state index in [1.807, 2.05) is 36.4 Å². The zero-order valence-electron chi connectivity index (χ0n) is 19.7. The van der Waals surface area contributed by atoms with Gasteiger partial charge in [-0.15, -0.1) is 0 Å². The molecule has 186 valence electrons. The number of rotatable bonds is 7. The molecule has 8 nitrogen and oxygen atoms in total. The van der Waals surface area contributed by atoms with E-state index >= 15 is 0 Å². The smallest absolute Gasteiger partial charge is 0.320 e. The van der Waals surface area contributed by atoms with E-state index in [4.69, 9.17) is 9.15 Å². The standard InChI is InChI=1S/C27H27N2O6P/c30-24(28-15-17-29(18-16-28)25(31)23-12-7-19-34-23)20-35-26(32)27(13-14-27)36(33,21-8-3-1-4-9-21)22-10-5-2-6-11-22/h1-12,19H,13-18,20H2. The molecule has 1 saturated heterocycles. The Labute approximate surface area is 209 Å². The predicted octanol–water partition coefficient (Wildman–Crippen LogP) is 2.65. The van der Waals surface area contributed by atoms with Gasteiger partial charge >= 0.3 is 5.97 Å². The number of ether oxygens (including phenoxy) is 1. The third-order valence-corrected chi connectivity index (χ3v) is 10.8. The van der Waals surface area contributed by atoms with Crippen molar-refractivity contribution in [2.75, 3.05) is 32.8 Å². The quantitative estimate of drug-likeness (QED) is 0.361. The normalized spacial score (nSPS) is 16.9. The second-order valence-electron chi connectivity index (χ2n) is 9.04. The number of nitrogens with zero attached hydrogens (tertiary/aromatic N) is 2. The van der Waals surface area contributed by atoms with Crippen LogP contribution in [0.4, 0.5) is 0 Å². The first-order valence-electron chi connectivity index (χ1n) is 11.9. The summed E-state index contributed by atoms with van der Waals surface area (Å²) in [5.41, 5.74) is 0. The number of carbonyl (C=O) groups is 3. The van der Waals surface area contributed by atoms with Crippen LogP contribution in [0.1, 0.15) is 23.4 Å². The van der Waals surface area contributed by atoms with E-state index in [-0.39, 0.29) is 17.6 Å². The van der Waals surface area contributed by atoms with Crippen LogP contribution >= 0.6 is 7.14 Å². The van der Waals surface area contributed by atoms with Crippen LogP contribution in [0.15, 0.2) is 83.5 Å². The summed E-state index contributed by atoms with van der Waals surface area (Å²) in [4.78, 5) is 41.8. The maximum Gasteiger partial charge on any atom is 0.320 e. The molecule has 3 aromatic rings. The van der Waals surface area contributed by atoms with E-state index < -0.39 is 24.9 Å². The van der Waals surface area contributed by atoms with Gasteiger partial charge in [-0.25, -0.2) is 0 Å². The number of esters is 1. The van der Waals surface area contributed by atoms with Gasteiger partial charge in [0.25, 0.3) is 11.8 Å². The number of hydrogen-bond acceptors (Lipinski definition) is 6. The zero-order chi connectivity index (χ0) is 25.2. The van der Waals surface area contributed by atoms with E-state index in [2.05, 4.69) is 0 Å². The number of piperazine rings is 1. The van der Waals surface area contributed by atoms with Crippen molar-refractivity contribution in [1.82, 2.24) is 9.80 Å². The van der Waals surface area contributed by atoms with Crippen molar-refractivity contribution in [3.63, 3.8) is 0 Å². The molecular formula is C27H27N2O6P. The van der Waals surface area contributed by atoms with Gasteiger partial charge in [0.05, 0.1) is 6.26 Å². The Kier molecular flexibility index (Phi) is 6.54. The Balaban J connectivity index is 1.24. The van der Waals surface area contributed by atoms with Crippen LogP contribution in [0.25, 0.3) is 0 Å². The lowest BCUT2D eigenvalue weighted by Crippen LogP contribution is -2.51. The van der Waals surface area contributed by atoms with Crippen LogP contribution in [0.5, 0.6) is 0 Å². The van der Waals surface area contributed by atoms with E-state index in [0.717, 1.165) is 0 Å². The van der Waals surface area contributed by atoms with Crippen LogP contribution in [-0.2, 0) is 18.9 Å². The van der Waals surface area contributed by atoms with Gasteiger partial charge in [0.15, 0.2) is 19.5 Å². The number of furan rings is 1. The number of carbonyl (C=O) groups excluding carboxylic acids is 3. The maximum atomic E-state index is 14.6. The van der Waals surface area contributed by atoms with Crippen LogP contribution in [-0.4, -0.2) is 65.5 Å². The van der Waals surface area contributed by atoms with Gasteiger partial charge in [-0.3, -0.25) is 14.4 Å². The molecule has 1 aliphatic heterocycles. The maximum absolute atomic E-state index is 14.6. The molecule has 1 aliphatic carbocycles. The van der Waals surface area contributed by atoms with Crippen LogP contribution in [0.2, 0.25) is 0 Å². The van der Waals surface area contributed by atoms with Crippen molar-refractivity contribution in [3.05, 3.63) is 84.8 Å². The molecule has 0 spiro atoms. The van der Waals surface area contributed by atoms with Gasteiger partial charge in [0, 0.05) is 36.8 Å². The molecule has 9 heteroatoms. The molecule has 2 heterocycles. The number of benzene rings is 2. The first-order valence-corrected chi connectivity index (χ1v) is 13.7. The molecule has 0 unspecified atom stereocenters. The minimum Gasteiger partial charge on any atom is -0.459 e. The van der Waals surface area contributed by atoms with E-state index in [0.29, 0.717) is 49.6 Å². The Morgan fingerprint density at radius 1 is 0.806 bits per heavy atom. The molecule has 2 aromatic carbocycles. The van der Waals surface area contributed by atoms with Crippen molar-refractivity contribution in [2.45, 2.75) is 18.0 Å². The SMILES string of the molecule is O=C(COC(=O)C1(P(=O)(c2ccccc2)c2ccccc2)CC1)N1CCN(C(=O)c2ccco2)CC1. The fourth-order valence-corrected chi connectivity index (χ4v) is 8.29. The molecule has 5 rings (SSSR count). The molecule has 0 bridgehead atoms. The molecule has 0 radical (unpaired) electrons. The predicted molar refractivity (Wildman–Crippen MR) is 134 cm³/mol. The fraction of sp³-hybridized carbons (Fsp3) is 0.296. The lowest BCUT2D eigenvalue weighted by molar-refractivity contribution is -0.152. The largest absolute Gasteiger partial charge is 0.459 e. The summed E-state index contributed by atoms with van der Waals surface area (Å²) >= 11 is 0. The molecule has 1 aromatic heterocycles. The molecule has 1 saturated carbocycles. The van der Waals surface area contributed by atoms with Crippen molar-refractivity contribution in [1.29, 1.82) is 0 Å². The van der Waals surface area contributed by atoms with Gasteiger partial charge in [0.2, 0.25) is 0 Å². The Hall–Kier alpha value is -3.64. The number of amides is 2. The van der Waals surface area contributed by atoms with Crippen LogP contribution in [0, 0.1) is 0 Å². The molecule has 2 amide bonds. The van der Waals surface area contributed by atoms with Gasteiger partial charge in [-0.2, -0.15) is 0 Å². The van der Waals surface area contributed by atoms with Gasteiger partial charge in [-0.05, 0) is 25.0 Å². The minimum atomic E-state index is -3.36. The zero-order valence-corrected chi connectivity index (χ0v) is 20.6. The highest BCUT2D eigenvalue weighted by atomic mass is 31.2. The average Bonchev–Trinajstić information content (AvgIpc) is 3.58. The Morgan fingerprint density at radius 2 is 1.36 bits per heavy atom. The topological polar surface area (TPSA) is 97.1 Å². The second-order valence-corrected chi connectivity index (χ2v) is 12.1. The summed E-state index contributed by atoms with van der Waals surface area (Å²) in [6.07, 6.45) is 2.33. The summed E-state index contributed by atoms with van der Waals surface area (Å²) in [6.45, 7) is 0.970. The minimum absolute atomic E-state index is 0.216. The molecule has 36 heavy (non-hydrogen) atoms. The second kappa shape index (κ2) is 9.78. The van der Waals surface area contributed by atoms with E-state index in [1.54, 1.807) is 46.2 Å². The summed E-state index contributed by atoms with van der Waals surface area (Å²) in [6, 6.07) is 21.3.